The van der Waals surface area contributed by atoms with E-state index < -0.39 is 0 Å². The van der Waals surface area contributed by atoms with Crippen molar-refractivity contribution in [2.75, 3.05) is 39.8 Å². The van der Waals surface area contributed by atoms with Crippen molar-refractivity contribution >= 4 is 5.96 Å². The molecule has 0 radical (unpaired) electrons. The van der Waals surface area contributed by atoms with Crippen molar-refractivity contribution in [1.29, 1.82) is 0 Å². The zero-order valence-corrected chi connectivity index (χ0v) is 13.0. The highest BCUT2D eigenvalue weighted by Crippen LogP contribution is 1.97. The molecular formula is C16H28N4. The molecular weight excluding hydrogens is 248 g/mol. The summed E-state index contributed by atoms with van der Waals surface area (Å²) in [4.78, 5) is 6.64. The molecule has 1 aromatic rings. The Morgan fingerprint density at radius 3 is 2.30 bits per heavy atom. The standard InChI is InChI=1S/C16H28N4/c1-4-20(5-2)14-13-19-16(17-3)18-12-11-15-9-7-6-8-10-15/h6-10H,4-5,11-14H2,1-3H3,(H2,17,18,19). The van der Waals surface area contributed by atoms with Crippen molar-refractivity contribution in [3.05, 3.63) is 35.9 Å². The molecule has 2 N–H and O–H groups in total. The van der Waals surface area contributed by atoms with Crippen LogP contribution < -0.4 is 10.6 Å². The van der Waals surface area contributed by atoms with E-state index in [0.717, 1.165) is 45.1 Å². The molecule has 0 fully saturated rings. The zero-order chi connectivity index (χ0) is 14.6. The maximum absolute atomic E-state index is 4.24. The van der Waals surface area contributed by atoms with Crippen LogP contribution in [0.4, 0.5) is 0 Å². The lowest BCUT2D eigenvalue weighted by Crippen LogP contribution is -2.42. The average Bonchev–Trinajstić information content (AvgIpc) is 2.51. The molecule has 0 bridgehead atoms. The van der Waals surface area contributed by atoms with Crippen molar-refractivity contribution in [2.24, 2.45) is 4.99 Å². The number of rotatable bonds is 8. The largest absolute Gasteiger partial charge is 0.356 e. The van der Waals surface area contributed by atoms with E-state index in [1.807, 2.05) is 13.1 Å². The zero-order valence-electron chi connectivity index (χ0n) is 13.0. The highest BCUT2D eigenvalue weighted by atomic mass is 15.2. The van der Waals surface area contributed by atoms with E-state index in [0.29, 0.717) is 0 Å². The molecule has 0 aliphatic rings. The van der Waals surface area contributed by atoms with E-state index >= 15 is 0 Å². The lowest BCUT2D eigenvalue weighted by molar-refractivity contribution is 0.308. The van der Waals surface area contributed by atoms with Gasteiger partial charge in [0.05, 0.1) is 0 Å². The fourth-order valence-corrected chi connectivity index (χ4v) is 2.06. The summed E-state index contributed by atoms with van der Waals surface area (Å²) in [6.45, 7) is 9.44. The minimum atomic E-state index is 0.882. The van der Waals surface area contributed by atoms with Crippen LogP contribution in [0.3, 0.4) is 0 Å². The number of aliphatic imine (C=N–C) groups is 1. The second kappa shape index (κ2) is 10.3. The summed E-state index contributed by atoms with van der Waals surface area (Å²) in [7, 11) is 1.81. The monoisotopic (exact) mass is 276 g/mol. The Kier molecular flexibility index (Phi) is 8.47. The fraction of sp³-hybridized carbons (Fsp3) is 0.562. The van der Waals surface area contributed by atoms with E-state index in [1.54, 1.807) is 0 Å². The molecule has 4 heteroatoms. The maximum atomic E-state index is 4.24. The topological polar surface area (TPSA) is 39.7 Å². The van der Waals surface area contributed by atoms with Gasteiger partial charge in [-0.3, -0.25) is 4.99 Å². The Labute approximate surface area is 123 Å². The first-order chi connectivity index (χ1) is 9.80. The van der Waals surface area contributed by atoms with E-state index in [1.165, 1.54) is 5.56 Å². The molecule has 0 aliphatic heterocycles. The molecule has 0 saturated heterocycles. The molecule has 4 nitrogen and oxygen atoms in total. The third kappa shape index (κ3) is 6.57. The maximum Gasteiger partial charge on any atom is 0.191 e. The molecule has 0 saturated carbocycles. The Morgan fingerprint density at radius 1 is 1.05 bits per heavy atom. The van der Waals surface area contributed by atoms with E-state index in [4.69, 9.17) is 0 Å². The third-order valence-electron chi connectivity index (χ3n) is 3.39. The SMILES string of the molecule is CCN(CC)CCNC(=NC)NCCc1ccccc1. The summed E-state index contributed by atoms with van der Waals surface area (Å²) in [6, 6.07) is 10.5. The van der Waals surface area contributed by atoms with Crippen LogP contribution in [0.15, 0.2) is 35.3 Å². The molecule has 0 aliphatic carbocycles. The number of hydrogen-bond acceptors (Lipinski definition) is 2. The lowest BCUT2D eigenvalue weighted by Gasteiger charge is -2.19. The van der Waals surface area contributed by atoms with Gasteiger partial charge in [0.1, 0.15) is 0 Å². The normalized spacial score (nSPS) is 11.7. The second-order valence-electron chi connectivity index (χ2n) is 4.69. The molecule has 0 heterocycles. The first-order valence-electron chi connectivity index (χ1n) is 7.51. The summed E-state index contributed by atoms with van der Waals surface area (Å²) in [6.07, 6.45) is 1.01. The van der Waals surface area contributed by atoms with Crippen molar-refractivity contribution in [2.45, 2.75) is 20.3 Å². The van der Waals surface area contributed by atoms with Gasteiger partial charge in [0, 0.05) is 26.7 Å². The van der Waals surface area contributed by atoms with Crippen LogP contribution in [0.2, 0.25) is 0 Å². The molecule has 20 heavy (non-hydrogen) atoms. The minimum absolute atomic E-state index is 0.882. The summed E-state index contributed by atoms with van der Waals surface area (Å²) in [5.41, 5.74) is 1.35. The molecule has 0 aromatic heterocycles. The van der Waals surface area contributed by atoms with Crippen LogP contribution in [0.25, 0.3) is 0 Å². The molecule has 0 amide bonds. The molecule has 0 spiro atoms. The van der Waals surface area contributed by atoms with Gasteiger partial charge in [-0.15, -0.1) is 0 Å². The summed E-state index contributed by atoms with van der Waals surface area (Å²) >= 11 is 0. The van der Waals surface area contributed by atoms with E-state index in [2.05, 4.69) is 58.6 Å². The number of nitrogens with zero attached hydrogens (tertiary/aromatic N) is 2. The predicted molar refractivity (Wildman–Crippen MR) is 87.3 cm³/mol. The van der Waals surface area contributed by atoms with Crippen LogP contribution >= 0.6 is 0 Å². The Morgan fingerprint density at radius 2 is 1.70 bits per heavy atom. The van der Waals surface area contributed by atoms with Gasteiger partial charge in [0.15, 0.2) is 5.96 Å². The Hall–Kier alpha value is -1.55. The molecule has 112 valence electrons. The first kappa shape index (κ1) is 16.5. The Balaban J connectivity index is 2.20. The van der Waals surface area contributed by atoms with Gasteiger partial charge in [-0.25, -0.2) is 0 Å². The van der Waals surface area contributed by atoms with E-state index in [-0.39, 0.29) is 0 Å². The number of benzene rings is 1. The van der Waals surface area contributed by atoms with Gasteiger partial charge in [-0.05, 0) is 25.1 Å². The lowest BCUT2D eigenvalue weighted by atomic mass is 10.1. The van der Waals surface area contributed by atoms with Gasteiger partial charge in [0.2, 0.25) is 0 Å². The number of guanidine groups is 1. The van der Waals surface area contributed by atoms with Crippen molar-refractivity contribution in [3.8, 4) is 0 Å². The minimum Gasteiger partial charge on any atom is -0.356 e. The number of likely N-dealkylation sites (N-methyl/N-ethyl adjacent to an activating group) is 1. The highest BCUT2D eigenvalue weighted by molar-refractivity contribution is 5.79. The van der Waals surface area contributed by atoms with Crippen LogP contribution in [-0.4, -0.2) is 50.6 Å². The predicted octanol–water partition coefficient (Wildman–Crippen LogP) is 1.74. The van der Waals surface area contributed by atoms with Gasteiger partial charge in [0.25, 0.3) is 0 Å². The van der Waals surface area contributed by atoms with Gasteiger partial charge >= 0.3 is 0 Å². The quantitative estimate of drug-likeness (QED) is 0.561. The van der Waals surface area contributed by atoms with Gasteiger partial charge in [-0.1, -0.05) is 44.2 Å². The summed E-state index contributed by atoms with van der Waals surface area (Å²) in [5.74, 6) is 0.882. The van der Waals surface area contributed by atoms with Crippen molar-refractivity contribution < 1.29 is 0 Å². The van der Waals surface area contributed by atoms with Crippen LogP contribution in [0.5, 0.6) is 0 Å². The van der Waals surface area contributed by atoms with Crippen molar-refractivity contribution in [3.63, 3.8) is 0 Å². The van der Waals surface area contributed by atoms with Crippen LogP contribution in [-0.2, 0) is 6.42 Å². The second-order valence-corrected chi connectivity index (χ2v) is 4.69. The van der Waals surface area contributed by atoms with E-state index in [9.17, 15) is 0 Å². The molecule has 1 aromatic carbocycles. The Bertz CT molecular complexity index is 371. The third-order valence-corrected chi connectivity index (χ3v) is 3.39. The molecule has 1 rings (SSSR count). The molecule has 0 unspecified atom stereocenters. The number of nitrogens with one attached hydrogen (secondary N) is 2. The van der Waals surface area contributed by atoms with Crippen LogP contribution in [0, 0.1) is 0 Å². The highest BCUT2D eigenvalue weighted by Gasteiger charge is 2.00. The fourth-order valence-electron chi connectivity index (χ4n) is 2.06. The summed E-state index contributed by atoms with van der Waals surface area (Å²) < 4.78 is 0. The van der Waals surface area contributed by atoms with Gasteiger partial charge in [-0.2, -0.15) is 0 Å². The van der Waals surface area contributed by atoms with Crippen molar-refractivity contribution in [1.82, 2.24) is 15.5 Å². The smallest absolute Gasteiger partial charge is 0.191 e. The average molecular weight is 276 g/mol. The van der Waals surface area contributed by atoms with Crippen LogP contribution in [0.1, 0.15) is 19.4 Å². The van der Waals surface area contributed by atoms with Gasteiger partial charge < -0.3 is 15.5 Å². The summed E-state index contributed by atoms with van der Waals surface area (Å²) in [5, 5.41) is 6.70. The first-order valence-corrected chi connectivity index (χ1v) is 7.51. The molecule has 0 atom stereocenters. The number of hydrogen-bond donors (Lipinski definition) is 2.